The first-order valence-corrected chi connectivity index (χ1v) is 4.31. The first kappa shape index (κ1) is 11.2. The molecule has 0 aromatic rings. The van der Waals surface area contributed by atoms with Gasteiger partial charge < -0.3 is 5.32 Å². The molecule has 1 saturated carbocycles. The van der Waals surface area contributed by atoms with Crippen molar-refractivity contribution in [3.63, 3.8) is 0 Å². The Morgan fingerprint density at radius 1 is 1.45 bits per heavy atom. The smallest absolute Gasteiger partial charge is 0.00184 e. The van der Waals surface area contributed by atoms with Crippen LogP contribution in [0, 0.1) is 11.3 Å². The quantitative estimate of drug-likeness (QED) is 0.684. The van der Waals surface area contributed by atoms with Crippen molar-refractivity contribution >= 4 is 12.4 Å². The SMILES string of the molecule is CNCC1CCCC1(C)C.Cl. The molecule has 1 rings (SSSR count). The van der Waals surface area contributed by atoms with Gasteiger partial charge in [-0.1, -0.05) is 20.3 Å². The second kappa shape index (κ2) is 4.32. The zero-order chi connectivity index (χ0) is 7.61. The van der Waals surface area contributed by atoms with Crippen LogP contribution in [0.5, 0.6) is 0 Å². The minimum Gasteiger partial charge on any atom is -0.319 e. The van der Waals surface area contributed by atoms with Crippen LogP contribution in [0.15, 0.2) is 0 Å². The predicted molar refractivity (Wildman–Crippen MR) is 52.3 cm³/mol. The van der Waals surface area contributed by atoms with E-state index in [1.165, 1.54) is 25.8 Å². The summed E-state index contributed by atoms with van der Waals surface area (Å²) in [6.07, 6.45) is 4.27. The number of hydrogen-bond acceptors (Lipinski definition) is 1. The molecule has 11 heavy (non-hydrogen) atoms. The molecule has 0 amide bonds. The summed E-state index contributed by atoms with van der Waals surface area (Å²) in [7, 11) is 2.05. The summed E-state index contributed by atoms with van der Waals surface area (Å²) in [6.45, 7) is 5.98. The van der Waals surface area contributed by atoms with E-state index >= 15 is 0 Å². The van der Waals surface area contributed by atoms with E-state index in [0.717, 1.165) is 5.92 Å². The number of halogens is 1. The average molecular weight is 178 g/mol. The molecule has 0 bridgehead atoms. The van der Waals surface area contributed by atoms with Crippen molar-refractivity contribution in [2.45, 2.75) is 33.1 Å². The average Bonchev–Trinajstić information content (AvgIpc) is 2.13. The third kappa shape index (κ3) is 2.64. The lowest BCUT2D eigenvalue weighted by molar-refractivity contribution is 0.256. The van der Waals surface area contributed by atoms with E-state index in [4.69, 9.17) is 0 Å². The maximum atomic E-state index is 3.27. The molecule has 0 radical (unpaired) electrons. The Bertz CT molecular complexity index is 112. The summed E-state index contributed by atoms with van der Waals surface area (Å²) >= 11 is 0. The van der Waals surface area contributed by atoms with Crippen LogP contribution < -0.4 is 5.32 Å². The summed E-state index contributed by atoms with van der Waals surface area (Å²) in [5.41, 5.74) is 0.600. The van der Waals surface area contributed by atoms with E-state index in [-0.39, 0.29) is 12.4 Å². The Morgan fingerprint density at radius 3 is 2.45 bits per heavy atom. The second-order valence-electron chi connectivity index (χ2n) is 4.14. The molecular formula is C9H20ClN. The molecule has 0 aliphatic heterocycles. The molecule has 1 nitrogen and oxygen atoms in total. The molecule has 1 unspecified atom stereocenters. The first-order valence-electron chi connectivity index (χ1n) is 4.31. The zero-order valence-electron chi connectivity index (χ0n) is 7.81. The highest BCUT2D eigenvalue weighted by molar-refractivity contribution is 5.85. The largest absolute Gasteiger partial charge is 0.319 e. The fourth-order valence-electron chi connectivity index (χ4n) is 2.02. The Kier molecular flexibility index (Phi) is 4.42. The molecule has 2 heteroatoms. The molecule has 0 saturated heterocycles. The molecule has 0 aromatic heterocycles. The molecular weight excluding hydrogens is 158 g/mol. The van der Waals surface area contributed by atoms with Crippen LogP contribution in [0.4, 0.5) is 0 Å². The van der Waals surface area contributed by atoms with E-state index < -0.39 is 0 Å². The van der Waals surface area contributed by atoms with E-state index in [9.17, 15) is 0 Å². The van der Waals surface area contributed by atoms with Gasteiger partial charge in [-0.2, -0.15) is 0 Å². The Balaban J connectivity index is 0.000001000. The van der Waals surface area contributed by atoms with Crippen LogP contribution in [0.25, 0.3) is 0 Å². The molecule has 0 heterocycles. The van der Waals surface area contributed by atoms with Crippen molar-refractivity contribution in [1.82, 2.24) is 5.32 Å². The van der Waals surface area contributed by atoms with Crippen LogP contribution in [0.3, 0.4) is 0 Å². The highest BCUT2D eigenvalue weighted by Gasteiger charge is 2.33. The Morgan fingerprint density at radius 2 is 2.09 bits per heavy atom. The van der Waals surface area contributed by atoms with Gasteiger partial charge in [-0.3, -0.25) is 0 Å². The topological polar surface area (TPSA) is 12.0 Å². The van der Waals surface area contributed by atoms with E-state index in [1.54, 1.807) is 0 Å². The summed E-state index contributed by atoms with van der Waals surface area (Å²) < 4.78 is 0. The van der Waals surface area contributed by atoms with Crippen LogP contribution in [0.2, 0.25) is 0 Å². The van der Waals surface area contributed by atoms with Gasteiger partial charge in [-0.05, 0) is 37.8 Å². The highest BCUT2D eigenvalue weighted by Crippen LogP contribution is 2.41. The monoisotopic (exact) mass is 177 g/mol. The number of nitrogens with one attached hydrogen (secondary N) is 1. The van der Waals surface area contributed by atoms with E-state index in [2.05, 4.69) is 26.2 Å². The summed E-state index contributed by atoms with van der Waals surface area (Å²) in [5, 5.41) is 3.27. The van der Waals surface area contributed by atoms with Gasteiger partial charge in [0.1, 0.15) is 0 Å². The second-order valence-corrected chi connectivity index (χ2v) is 4.14. The molecule has 1 N–H and O–H groups in total. The standard InChI is InChI=1S/C9H19N.ClH/c1-9(2)6-4-5-8(9)7-10-3;/h8,10H,4-7H2,1-3H3;1H. The molecule has 68 valence electrons. The van der Waals surface area contributed by atoms with Crippen LogP contribution in [-0.2, 0) is 0 Å². The maximum absolute atomic E-state index is 3.27. The number of hydrogen-bond donors (Lipinski definition) is 1. The minimum absolute atomic E-state index is 0. The van der Waals surface area contributed by atoms with Gasteiger partial charge in [0.15, 0.2) is 0 Å². The molecule has 1 aliphatic rings. The highest BCUT2D eigenvalue weighted by atomic mass is 35.5. The summed E-state index contributed by atoms with van der Waals surface area (Å²) in [4.78, 5) is 0. The Hall–Kier alpha value is 0.250. The van der Waals surface area contributed by atoms with Crippen molar-refractivity contribution in [2.24, 2.45) is 11.3 Å². The molecule has 1 atom stereocenters. The fourth-order valence-corrected chi connectivity index (χ4v) is 2.02. The van der Waals surface area contributed by atoms with Crippen LogP contribution >= 0.6 is 12.4 Å². The van der Waals surface area contributed by atoms with Crippen molar-refractivity contribution in [1.29, 1.82) is 0 Å². The predicted octanol–water partition coefficient (Wildman–Crippen LogP) is 2.45. The zero-order valence-corrected chi connectivity index (χ0v) is 8.63. The third-order valence-corrected chi connectivity index (χ3v) is 2.93. The lowest BCUT2D eigenvalue weighted by Gasteiger charge is -2.26. The fraction of sp³-hybridized carbons (Fsp3) is 1.00. The Labute approximate surface area is 76.4 Å². The van der Waals surface area contributed by atoms with Gasteiger partial charge in [0.2, 0.25) is 0 Å². The minimum atomic E-state index is 0. The van der Waals surface area contributed by atoms with Gasteiger partial charge in [-0.25, -0.2) is 0 Å². The third-order valence-electron chi connectivity index (χ3n) is 2.93. The molecule has 0 spiro atoms. The molecule has 0 aromatic carbocycles. The maximum Gasteiger partial charge on any atom is -0.00184 e. The van der Waals surface area contributed by atoms with Gasteiger partial charge in [0.25, 0.3) is 0 Å². The lowest BCUT2D eigenvalue weighted by atomic mass is 9.82. The van der Waals surface area contributed by atoms with Crippen molar-refractivity contribution < 1.29 is 0 Å². The van der Waals surface area contributed by atoms with Gasteiger partial charge in [0.05, 0.1) is 0 Å². The summed E-state index contributed by atoms with van der Waals surface area (Å²) in [5.74, 6) is 0.914. The normalized spacial score (nSPS) is 28.1. The van der Waals surface area contributed by atoms with Crippen molar-refractivity contribution in [3.8, 4) is 0 Å². The number of rotatable bonds is 2. The first-order chi connectivity index (χ1) is 4.67. The van der Waals surface area contributed by atoms with Gasteiger partial charge >= 0.3 is 0 Å². The van der Waals surface area contributed by atoms with Crippen LogP contribution in [0.1, 0.15) is 33.1 Å². The van der Waals surface area contributed by atoms with E-state index in [1.807, 2.05) is 0 Å². The van der Waals surface area contributed by atoms with Gasteiger partial charge in [0, 0.05) is 0 Å². The van der Waals surface area contributed by atoms with E-state index in [0.29, 0.717) is 5.41 Å². The van der Waals surface area contributed by atoms with Crippen LogP contribution in [-0.4, -0.2) is 13.6 Å². The van der Waals surface area contributed by atoms with Crippen molar-refractivity contribution in [2.75, 3.05) is 13.6 Å². The summed E-state index contributed by atoms with van der Waals surface area (Å²) in [6, 6.07) is 0. The molecule has 1 aliphatic carbocycles. The van der Waals surface area contributed by atoms with Gasteiger partial charge in [-0.15, -0.1) is 12.4 Å². The van der Waals surface area contributed by atoms with Crippen molar-refractivity contribution in [3.05, 3.63) is 0 Å². The lowest BCUT2D eigenvalue weighted by Crippen LogP contribution is -2.27. The molecule has 1 fully saturated rings.